The Kier molecular flexibility index (Phi) is 3.00. The van der Waals surface area contributed by atoms with Crippen LogP contribution in [0.25, 0.3) is 5.69 Å². The van der Waals surface area contributed by atoms with E-state index in [1.54, 1.807) is 18.2 Å². The van der Waals surface area contributed by atoms with Crippen molar-refractivity contribution >= 4 is 21.9 Å². The predicted octanol–water partition coefficient (Wildman–Crippen LogP) is 1.82. The third kappa shape index (κ3) is 1.83. The third-order valence-electron chi connectivity index (χ3n) is 2.04. The highest BCUT2D eigenvalue weighted by molar-refractivity contribution is 9.10. The number of carbonyl (C=O) groups is 1. The van der Waals surface area contributed by atoms with Crippen LogP contribution in [-0.4, -0.2) is 27.8 Å². The lowest BCUT2D eigenvalue weighted by molar-refractivity contribution is 0.0600. The summed E-state index contributed by atoms with van der Waals surface area (Å²) in [5.41, 5.74) is 1.06. The van der Waals surface area contributed by atoms with Crippen molar-refractivity contribution in [2.24, 2.45) is 0 Å². The van der Waals surface area contributed by atoms with Crippen molar-refractivity contribution < 1.29 is 9.53 Å². The summed E-state index contributed by atoms with van der Waals surface area (Å²) < 4.78 is 6.75. The minimum Gasteiger partial charge on any atom is -0.465 e. The molecule has 16 heavy (non-hydrogen) atoms. The molecule has 0 atom stereocenters. The summed E-state index contributed by atoms with van der Waals surface area (Å²) in [7, 11) is 1.34. The van der Waals surface area contributed by atoms with Gasteiger partial charge in [-0.15, -0.1) is 0 Å². The molecule has 82 valence electrons. The first-order valence-corrected chi connectivity index (χ1v) is 5.26. The zero-order chi connectivity index (χ0) is 11.5. The van der Waals surface area contributed by atoms with Crippen LogP contribution in [0.4, 0.5) is 0 Å². The van der Waals surface area contributed by atoms with E-state index in [-0.39, 0.29) is 0 Å². The van der Waals surface area contributed by atoms with Crippen molar-refractivity contribution in [2.45, 2.75) is 0 Å². The number of benzene rings is 1. The van der Waals surface area contributed by atoms with E-state index >= 15 is 0 Å². The van der Waals surface area contributed by atoms with Gasteiger partial charge in [0.2, 0.25) is 0 Å². The molecule has 0 saturated carbocycles. The maximum absolute atomic E-state index is 11.5. The number of halogens is 1. The Balaban J connectivity index is 2.57. The van der Waals surface area contributed by atoms with E-state index in [4.69, 9.17) is 4.74 Å². The molecule has 0 spiro atoms. The van der Waals surface area contributed by atoms with Gasteiger partial charge in [-0.3, -0.25) is 0 Å². The van der Waals surface area contributed by atoms with Crippen LogP contribution in [0, 0.1) is 0 Å². The minimum atomic E-state index is -0.405. The zero-order valence-electron chi connectivity index (χ0n) is 8.42. The first-order valence-electron chi connectivity index (χ1n) is 4.47. The van der Waals surface area contributed by atoms with Crippen molar-refractivity contribution in [1.29, 1.82) is 0 Å². The summed E-state index contributed by atoms with van der Waals surface area (Å²) in [5.74, 6) is -0.405. The Bertz CT molecular complexity index is 524. The molecule has 1 heterocycles. The van der Waals surface area contributed by atoms with Crippen molar-refractivity contribution in [3.63, 3.8) is 0 Å². The third-order valence-corrected chi connectivity index (χ3v) is 2.58. The lowest BCUT2D eigenvalue weighted by Gasteiger charge is -2.07. The SMILES string of the molecule is COC(=O)c1ccccc1-n1ncnc1Br. The molecular weight excluding hydrogens is 274 g/mol. The van der Waals surface area contributed by atoms with E-state index in [0.717, 1.165) is 0 Å². The molecule has 2 rings (SSSR count). The highest BCUT2D eigenvalue weighted by atomic mass is 79.9. The van der Waals surface area contributed by atoms with Crippen molar-refractivity contribution in [2.75, 3.05) is 7.11 Å². The van der Waals surface area contributed by atoms with Crippen LogP contribution in [-0.2, 0) is 4.74 Å². The number of nitrogens with zero attached hydrogens (tertiary/aromatic N) is 3. The van der Waals surface area contributed by atoms with Crippen LogP contribution in [0.3, 0.4) is 0 Å². The lowest BCUT2D eigenvalue weighted by Crippen LogP contribution is -2.08. The van der Waals surface area contributed by atoms with Gasteiger partial charge < -0.3 is 4.74 Å². The van der Waals surface area contributed by atoms with Gasteiger partial charge in [0.05, 0.1) is 18.4 Å². The van der Waals surface area contributed by atoms with Crippen LogP contribution in [0.2, 0.25) is 0 Å². The second-order valence-electron chi connectivity index (χ2n) is 2.95. The molecule has 5 nitrogen and oxygen atoms in total. The van der Waals surface area contributed by atoms with Gasteiger partial charge in [-0.1, -0.05) is 12.1 Å². The van der Waals surface area contributed by atoms with Crippen molar-refractivity contribution in [1.82, 2.24) is 14.8 Å². The average molecular weight is 282 g/mol. The Morgan fingerprint density at radius 2 is 2.19 bits per heavy atom. The topological polar surface area (TPSA) is 57.0 Å². The van der Waals surface area contributed by atoms with E-state index in [9.17, 15) is 4.79 Å². The summed E-state index contributed by atoms with van der Waals surface area (Å²) in [6, 6.07) is 7.03. The van der Waals surface area contributed by atoms with Gasteiger partial charge in [0.25, 0.3) is 0 Å². The molecule has 0 aliphatic rings. The highest BCUT2D eigenvalue weighted by Crippen LogP contribution is 2.18. The average Bonchev–Trinajstić information content (AvgIpc) is 2.74. The molecule has 0 unspecified atom stereocenters. The van der Waals surface area contributed by atoms with E-state index < -0.39 is 5.97 Å². The van der Waals surface area contributed by atoms with Gasteiger partial charge >= 0.3 is 5.97 Å². The molecule has 0 radical (unpaired) electrons. The molecule has 1 aromatic carbocycles. The van der Waals surface area contributed by atoms with Crippen LogP contribution < -0.4 is 0 Å². The number of para-hydroxylation sites is 1. The van der Waals surface area contributed by atoms with Gasteiger partial charge in [0, 0.05) is 0 Å². The fourth-order valence-corrected chi connectivity index (χ4v) is 1.70. The van der Waals surface area contributed by atoms with E-state index in [1.807, 2.05) is 6.07 Å². The van der Waals surface area contributed by atoms with Gasteiger partial charge in [-0.05, 0) is 28.1 Å². The van der Waals surface area contributed by atoms with E-state index in [2.05, 4.69) is 26.0 Å². The molecule has 2 aromatic rings. The minimum absolute atomic E-state index is 0.405. The van der Waals surface area contributed by atoms with Crippen LogP contribution in [0.1, 0.15) is 10.4 Å². The Morgan fingerprint density at radius 1 is 1.44 bits per heavy atom. The number of carbonyl (C=O) groups excluding carboxylic acids is 1. The molecule has 0 N–H and O–H groups in total. The Hall–Kier alpha value is -1.69. The highest BCUT2D eigenvalue weighted by Gasteiger charge is 2.14. The fraction of sp³-hybridized carbons (Fsp3) is 0.100. The van der Waals surface area contributed by atoms with E-state index in [1.165, 1.54) is 18.1 Å². The summed E-state index contributed by atoms with van der Waals surface area (Å²) >= 11 is 3.25. The maximum Gasteiger partial charge on any atom is 0.340 e. The molecule has 0 saturated heterocycles. The molecule has 0 fully saturated rings. The summed E-state index contributed by atoms with van der Waals surface area (Å²) in [6.07, 6.45) is 1.40. The van der Waals surface area contributed by atoms with E-state index in [0.29, 0.717) is 16.0 Å². The van der Waals surface area contributed by atoms with Crippen molar-refractivity contribution in [3.8, 4) is 5.69 Å². The van der Waals surface area contributed by atoms with Crippen LogP contribution in [0.15, 0.2) is 35.3 Å². The van der Waals surface area contributed by atoms with Gasteiger partial charge in [0.1, 0.15) is 6.33 Å². The number of hydrogen-bond acceptors (Lipinski definition) is 4. The molecular formula is C10H8BrN3O2. The second kappa shape index (κ2) is 4.44. The zero-order valence-corrected chi connectivity index (χ0v) is 10.0. The molecule has 0 aliphatic heterocycles. The van der Waals surface area contributed by atoms with Gasteiger partial charge in [-0.2, -0.15) is 5.10 Å². The van der Waals surface area contributed by atoms with Crippen molar-refractivity contribution in [3.05, 3.63) is 40.9 Å². The van der Waals surface area contributed by atoms with Gasteiger partial charge in [0.15, 0.2) is 4.73 Å². The molecule has 0 aliphatic carbocycles. The second-order valence-corrected chi connectivity index (χ2v) is 3.66. The summed E-state index contributed by atoms with van der Waals surface area (Å²) in [5, 5.41) is 4.01. The molecule has 1 aromatic heterocycles. The maximum atomic E-state index is 11.5. The normalized spacial score (nSPS) is 10.1. The fourth-order valence-electron chi connectivity index (χ4n) is 1.33. The first kappa shape index (κ1) is 10.8. The molecule has 0 amide bonds. The van der Waals surface area contributed by atoms with Gasteiger partial charge in [-0.25, -0.2) is 14.5 Å². The summed E-state index contributed by atoms with van der Waals surface area (Å²) in [4.78, 5) is 15.5. The number of esters is 1. The first-order chi connectivity index (χ1) is 7.74. The van der Waals surface area contributed by atoms with Crippen LogP contribution in [0.5, 0.6) is 0 Å². The number of methoxy groups -OCH3 is 1. The number of rotatable bonds is 2. The lowest BCUT2D eigenvalue weighted by atomic mass is 10.2. The predicted molar refractivity (Wildman–Crippen MR) is 60.4 cm³/mol. The number of aromatic nitrogens is 3. The monoisotopic (exact) mass is 281 g/mol. The Labute approximate surface area is 100 Å². The molecule has 0 bridgehead atoms. The van der Waals surface area contributed by atoms with Crippen LogP contribution >= 0.6 is 15.9 Å². The Morgan fingerprint density at radius 3 is 2.81 bits per heavy atom. The largest absolute Gasteiger partial charge is 0.465 e. The standard InChI is InChI=1S/C10H8BrN3O2/c1-16-9(15)7-4-2-3-5-8(7)14-10(11)12-6-13-14/h2-6H,1H3. The smallest absolute Gasteiger partial charge is 0.340 e. The number of hydrogen-bond donors (Lipinski definition) is 0. The summed E-state index contributed by atoms with van der Waals surface area (Å²) in [6.45, 7) is 0. The quantitative estimate of drug-likeness (QED) is 0.788. The number of ether oxygens (including phenoxy) is 1. The molecule has 6 heteroatoms.